The molecule has 3 heteroatoms. The highest BCUT2D eigenvalue weighted by Crippen LogP contribution is 2.13. The Morgan fingerprint density at radius 1 is 1.47 bits per heavy atom. The van der Waals surface area contributed by atoms with E-state index in [0.717, 1.165) is 30.5 Å². The van der Waals surface area contributed by atoms with Crippen LogP contribution < -0.4 is 5.32 Å². The van der Waals surface area contributed by atoms with Crippen LogP contribution in [-0.4, -0.2) is 18.6 Å². The molecule has 0 saturated heterocycles. The summed E-state index contributed by atoms with van der Waals surface area (Å²) in [5.74, 6) is 3.99. The Labute approximate surface area is 96.8 Å². The first-order valence-corrected chi connectivity index (χ1v) is 6.78. The molecule has 0 aliphatic rings. The first kappa shape index (κ1) is 12.7. The maximum Gasteiger partial charge on any atom is 0.105 e. The standard InChI is InChI=1S/C12H21NOS/c1-9(8-15-4)6-13-7-12-5-10(2)14-11(12)3/h5,9,13H,6-8H2,1-4H3. The van der Waals surface area contributed by atoms with Gasteiger partial charge in [0.1, 0.15) is 11.5 Å². The fraction of sp³-hybridized carbons (Fsp3) is 0.667. The smallest absolute Gasteiger partial charge is 0.105 e. The molecule has 0 amide bonds. The lowest BCUT2D eigenvalue weighted by Gasteiger charge is -2.10. The summed E-state index contributed by atoms with van der Waals surface area (Å²) >= 11 is 1.90. The first-order valence-electron chi connectivity index (χ1n) is 5.39. The Kier molecular flexibility index (Phi) is 5.26. The number of rotatable bonds is 6. The Morgan fingerprint density at radius 2 is 2.20 bits per heavy atom. The molecule has 15 heavy (non-hydrogen) atoms. The van der Waals surface area contributed by atoms with Crippen molar-refractivity contribution in [2.45, 2.75) is 27.3 Å². The number of thioether (sulfide) groups is 1. The van der Waals surface area contributed by atoms with Gasteiger partial charge in [-0.2, -0.15) is 11.8 Å². The van der Waals surface area contributed by atoms with Crippen molar-refractivity contribution in [1.29, 1.82) is 0 Å². The number of aryl methyl sites for hydroxylation is 2. The molecule has 86 valence electrons. The molecule has 0 fully saturated rings. The summed E-state index contributed by atoms with van der Waals surface area (Å²) in [4.78, 5) is 0. The normalized spacial score (nSPS) is 13.1. The zero-order chi connectivity index (χ0) is 11.3. The van der Waals surface area contributed by atoms with E-state index in [-0.39, 0.29) is 0 Å². The fourth-order valence-electron chi connectivity index (χ4n) is 1.66. The van der Waals surface area contributed by atoms with Gasteiger partial charge in [0.15, 0.2) is 0 Å². The van der Waals surface area contributed by atoms with Crippen LogP contribution in [0.5, 0.6) is 0 Å². The van der Waals surface area contributed by atoms with Crippen molar-refractivity contribution in [3.05, 3.63) is 23.2 Å². The summed E-state index contributed by atoms with van der Waals surface area (Å²) in [5, 5.41) is 3.47. The van der Waals surface area contributed by atoms with E-state index >= 15 is 0 Å². The third kappa shape index (κ3) is 4.31. The molecule has 1 aromatic heterocycles. The molecule has 0 aliphatic carbocycles. The van der Waals surface area contributed by atoms with Gasteiger partial charge in [0.25, 0.3) is 0 Å². The van der Waals surface area contributed by atoms with Crippen LogP contribution in [0.1, 0.15) is 24.0 Å². The highest BCUT2D eigenvalue weighted by molar-refractivity contribution is 7.98. The summed E-state index contributed by atoms with van der Waals surface area (Å²) in [7, 11) is 0. The van der Waals surface area contributed by atoms with E-state index in [9.17, 15) is 0 Å². The van der Waals surface area contributed by atoms with Crippen LogP contribution in [-0.2, 0) is 6.54 Å². The minimum absolute atomic E-state index is 0.730. The quantitative estimate of drug-likeness (QED) is 0.809. The van der Waals surface area contributed by atoms with Crippen LogP contribution in [0.4, 0.5) is 0 Å². The lowest BCUT2D eigenvalue weighted by atomic mass is 10.2. The third-order valence-electron chi connectivity index (χ3n) is 2.40. The molecule has 1 N–H and O–H groups in total. The predicted octanol–water partition coefficient (Wildman–Crippen LogP) is 2.99. The topological polar surface area (TPSA) is 25.2 Å². The van der Waals surface area contributed by atoms with Gasteiger partial charge in [-0.15, -0.1) is 0 Å². The van der Waals surface area contributed by atoms with E-state index in [1.54, 1.807) is 0 Å². The maximum atomic E-state index is 5.48. The van der Waals surface area contributed by atoms with Gasteiger partial charge < -0.3 is 9.73 Å². The molecular formula is C12H21NOS. The highest BCUT2D eigenvalue weighted by atomic mass is 32.2. The second-order valence-corrected chi connectivity index (χ2v) is 5.04. The van der Waals surface area contributed by atoms with Crippen molar-refractivity contribution in [2.24, 2.45) is 5.92 Å². The van der Waals surface area contributed by atoms with Crippen molar-refractivity contribution >= 4 is 11.8 Å². The third-order valence-corrected chi connectivity index (χ3v) is 3.31. The van der Waals surface area contributed by atoms with Crippen LogP contribution in [0.3, 0.4) is 0 Å². The molecule has 2 nitrogen and oxygen atoms in total. The van der Waals surface area contributed by atoms with E-state index in [1.807, 2.05) is 25.6 Å². The monoisotopic (exact) mass is 227 g/mol. The summed E-state index contributed by atoms with van der Waals surface area (Å²) < 4.78 is 5.48. The van der Waals surface area contributed by atoms with Crippen molar-refractivity contribution in [3.8, 4) is 0 Å². The Bertz CT molecular complexity index is 296. The van der Waals surface area contributed by atoms with Gasteiger partial charge in [-0.3, -0.25) is 0 Å². The molecule has 0 spiro atoms. The minimum atomic E-state index is 0.730. The lowest BCUT2D eigenvalue weighted by Crippen LogP contribution is -2.22. The summed E-state index contributed by atoms with van der Waals surface area (Å²) in [5.41, 5.74) is 1.28. The van der Waals surface area contributed by atoms with Crippen molar-refractivity contribution in [3.63, 3.8) is 0 Å². The average molecular weight is 227 g/mol. The Hall–Kier alpha value is -0.410. The molecule has 0 bridgehead atoms. The van der Waals surface area contributed by atoms with Crippen LogP contribution in [0, 0.1) is 19.8 Å². The van der Waals surface area contributed by atoms with E-state index in [2.05, 4.69) is 24.6 Å². The molecular weight excluding hydrogens is 206 g/mol. The molecule has 0 aliphatic heterocycles. The molecule has 0 radical (unpaired) electrons. The van der Waals surface area contributed by atoms with E-state index in [0.29, 0.717) is 0 Å². The van der Waals surface area contributed by atoms with Gasteiger partial charge in [-0.05, 0) is 44.4 Å². The largest absolute Gasteiger partial charge is 0.466 e. The van der Waals surface area contributed by atoms with Crippen LogP contribution in [0.25, 0.3) is 0 Å². The molecule has 1 rings (SSSR count). The Balaban J connectivity index is 2.28. The first-order chi connectivity index (χ1) is 7.13. The predicted molar refractivity (Wildman–Crippen MR) is 67.4 cm³/mol. The number of hydrogen-bond acceptors (Lipinski definition) is 3. The van der Waals surface area contributed by atoms with Gasteiger partial charge in [-0.1, -0.05) is 6.92 Å². The van der Waals surface area contributed by atoms with E-state index in [4.69, 9.17) is 4.42 Å². The molecule has 0 aromatic carbocycles. The average Bonchev–Trinajstić information content (AvgIpc) is 2.46. The molecule has 1 atom stereocenters. The Morgan fingerprint density at radius 3 is 2.73 bits per heavy atom. The zero-order valence-electron chi connectivity index (χ0n) is 10.1. The van der Waals surface area contributed by atoms with Gasteiger partial charge in [0, 0.05) is 12.1 Å². The maximum absolute atomic E-state index is 5.48. The summed E-state index contributed by atoms with van der Waals surface area (Å²) in [6, 6.07) is 2.11. The highest BCUT2D eigenvalue weighted by Gasteiger charge is 2.05. The van der Waals surface area contributed by atoms with Crippen LogP contribution >= 0.6 is 11.8 Å². The van der Waals surface area contributed by atoms with E-state index in [1.165, 1.54) is 11.3 Å². The van der Waals surface area contributed by atoms with E-state index < -0.39 is 0 Å². The lowest BCUT2D eigenvalue weighted by molar-refractivity contribution is 0.496. The molecule has 1 heterocycles. The summed E-state index contributed by atoms with van der Waals surface area (Å²) in [6.07, 6.45) is 2.15. The number of furan rings is 1. The SMILES string of the molecule is CSCC(C)CNCc1cc(C)oc1C. The second-order valence-electron chi connectivity index (χ2n) is 4.13. The van der Waals surface area contributed by atoms with Gasteiger partial charge in [0.05, 0.1) is 0 Å². The second kappa shape index (κ2) is 6.23. The van der Waals surface area contributed by atoms with Crippen LogP contribution in [0.15, 0.2) is 10.5 Å². The van der Waals surface area contributed by atoms with Crippen LogP contribution in [0.2, 0.25) is 0 Å². The van der Waals surface area contributed by atoms with Crippen molar-refractivity contribution in [2.75, 3.05) is 18.6 Å². The minimum Gasteiger partial charge on any atom is -0.466 e. The zero-order valence-corrected chi connectivity index (χ0v) is 10.9. The molecule has 0 saturated carbocycles. The van der Waals surface area contributed by atoms with Gasteiger partial charge in [0.2, 0.25) is 0 Å². The van der Waals surface area contributed by atoms with Crippen molar-refractivity contribution < 1.29 is 4.42 Å². The van der Waals surface area contributed by atoms with Gasteiger partial charge >= 0.3 is 0 Å². The number of nitrogens with one attached hydrogen (secondary N) is 1. The van der Waals surface area contributed by atoms with Crippen molar-refractivity contribution in [1.82, 2.24) is 5.32 Å². The molecule has 1 aromatic rings. The number of hydrogen-bond donors (Lipinski definition) is 1. The fourth-order valence-corrected chi connectivity index (χ4v) is 2.34. The summed E-state index contributed by atoms with van der Waals surface area (Å²) in [6.45, 7) is 8.28. The molecule has 1 unspecified atom stereocenters. The van der Waals surface area contributed by atoms with Gasteiger partial charge in [-0.25, -0.2) is 0 Å².